The van der Waals surface area contributed by atoms with Crippen molar-refractivity contribution in [1.82, 2.24) is 35.1 Å². The number of hydrogen-bond donors (Lipinski definition) is 0. The zero-order chi connectivity index (χ0) is 29.4. The van der Waals surface area contributed by atoms with Crippen LogP contribution >= 0.6 is 0 Å². The van der Waals surface area contributed by atoms with Gasteiger partial charge in [0.1, 0.15) is 17.1 Å². The third-order valence-corrected chi connectivity index (χ3v) is 6.51. The molecule has 4 aromatic rings. The lowest BCUT2D eigenvalue weighted by atomic mass is 9.89. The number of carbonyl (C=O) groups is 1. The van der Waals surface area contributed by atoms with E-state index in [1.165, 1.54) is 10.2 Å². The Morgan fingerprint density at radius 1 is 1.05 bits per heavy atom. The fourth-order valence-corrected chi connectivity index (χ4v) is 4.46. The summed E-state index contributed by atoms with van der Waals surface area (Å²) < 4.78 is 64.2. The third kappa shape index (κ3) is 6.69. The van der Waals surface area contributed by atoms with Crippen LogP contribution in [-0.2, 0) is 17.5 Å². The molecule has 5 rings (SSSR count). The molecular formula is C27H27F4N7O3. The van der Waals surface area contributed by atoms with Gasteiger partial charge in [0.15, 0.2) is 0 Å². The number of piperidine rings is 1. The molecular weight excluding hydrogens is 546 g/mol. The highest BCUT2D eigenvalue weighted by atomic mass is 19.4. The molecule has 0 spiro atoms. The maximum absolute atomic E-state index is 14.7. The molecule has 0 N–H and O–H groups in total. The molecule has 1 aliphatic rings. The molecule has 3 aromatic heterocycles. The van der Waals surface area contributed by atoms with Gasteiger partial charge >= 0.3 is 18.2 Å². The summed E-state index contributed by atoms with van der Waals surface area (Å²) in [6.45, 7) is 6.76. The van der Waals surface area contributed by atoms with Crippen molar-refractivity contribution in [2.24, 2.45) is 0 Å². The number of halogens is 4. The summed E-state index contributed by atoms with van der Waals surface area (Å²) in [6.07, 6.45) is -0.614. The predicted octanol–water partition coefficient (Wildman–Crippen LogP) is 5.71. The van der Waals surface area contributed by atoms with Crippen LogP contribution in [0, 0.1) is 5.82 Å². The molecule has 0 radical (unpaired) electrons. The normalized spacial score (nSPS) is 14.9. The number of nitrogens with zero attached hydrogens (tertiary/aromatic N) is 7. The average Bonchev–Trinajstić information content (AvgIpc) is 3.60. The van der Waals surface area contributed by atoms with Crippen molar-refractivity contribution >= 4 is 6.09 Å². The number of rotatable bonds is 5. The molecule has 14 heteroatoms. The molecule has 1 fully saturated rings. The first-order valence-electron chi connectivity index (χ1n) is 12.9. The Balaban J connectivity index is 1.19. The molecule has 41 heavy (non-hydrogen) atoms. The van der Waals surface area contributed by atoms with Gasteiger partial charge in [-0.2, -0.15) is 13.2 Å². The van der Waals surface area contributed by atoms with Gasteiger partial charge in [-0.25, -0.2) is 13.9 Å². The Kier molecular flexibility index (Phi) is 7.49. The van der Waals surface area contributed by atoms with Crippen LogP contribution in [0.4, 0.5) is 22.4 Å². The minimum absolute atomic E-state index is 0.00818. The van der Waals surface area contributed by atoms with Crippen LogP contribution in [0.25, 0.3) is 22.7 Å². The van der Waals surface area contributed by atoms with Gasteiger partial charge in [0.2, 0.25) is 5.89 Å². The second-order valence-corrected chi connectivity index (χ2v) is 10.7. The number of aromatic nitrogens is 6. The van der Waals surface area contributed by atoms with Gasteiger partial charge in [-0.1, -0.05) is 29.5 Å². The van der Waals surface area contributed by atoms with E-state index in [0.717, 1.165) is 30.7 Å². The van der Waals surface area contributed by atoms with E-state index in [9.17, 15) is 22.4 Å². The predicted molar refractivity (Wildman–Crippen MR) is 137 cm³/mol. The summed E-state index contributed by atoms with van der Waals surface area (Å²) in [4.78, 5) is 18.1. The molecule has 10 nitrogen and oxygen atoms in total. The lowest BCUT2D eigenvalue weighted by Gasteiger charge is -2.33. The quantitative estimate of drug-likeness (QED) is 0.279. The minimum atomic E-state index is -4.80. The zero-order valence-corrected chi connectivity index (χ0v) is 22.5. The third-order valence-electron chi connectivity index (χ3n) is 6.51. The number of carbonyl (C=O) groups excluding carboxylic acids is 1. The number of alkyl halides is 3. The van der Waals surface area contributed by atoms with Crippen LogP contribution in [0.5, 0.6) is 0 Å². The maximum atomic E-state index is 14.7. The molecule has 0 atom stereocenters. The largest absolute Gasteiger partial charge is 0.470 e. The average molecular weight is 574 g/mol. The van der Waals surface area contributed by atoms with Crippen molar-refractivity contribution in [3.63, 3.8) is 0 Å². The number of likely N-dealkylation sites (tertiary alicyclic amines) is 1. The standard InChI is InChI=1S/C27H27F4N7O3/c1-26(2,3)41-25(39)37-10-8-17(9-11-37)16-4-6-18(7-5-16)21-14-38(36-33-21)15-22-20(28)12-19(13-32-22)23-34-35-24(40-23)27(29,30)31/h4-7,12-14,17H,8-11,15H2,1-3H3. The van der Waals surface area contributed by atoms with Crippen LogP contribution in [0.3, 0.4) is 0 Å². The fourth-order valence-electron chi connectivity index (χ4n) is 4.46. The van der Waals surface area contributed by atoms with Crippen molar-refractivity contribution in [3.05, 3.63) is 65.7 Å². The van der Waals surface area contributed by atoms with E-state index < -0.39 is 29.4 Å². The van der Waals surface area contributed by atoms with Gasteiger partial charge < -0.3 is 14.1 Å². The van der Waals surface area contributed by atoms with Gasteiger partial charge in [0.25, 0.3) is 0 Å². The fraction of sp³-hybridized carbons (Fsp3) is 0.407. The van der Waals surface area contributed by atoms with Crippen molar-refractivity contribution in [1.29, 1.82) is 0 Å². The zero-order valence-electron chi connectivity index (χ0n) is 22.5. The van der Waals surface area contributed by atoms with E-state index in [0.29, 0.717) is 24.7 Å². The Labute approximate surface area is 232 Å². The summed E-state index contributed by atoms with van der Waals surface area (Å²) in [5.41, 5.74) is 1.98. The Bertz CT molecular complexity index is 1520. The second kappa shape index (κ2) is 10.9. The van der Waals surface area contributed by atoms with Crippen molar-refractivity contribution in [2.75, 3.05) is 13.1 Å². The van der Waals surface area contributed by atoms with Crippen LogP contribution < -0.4 is 0 Å². The summed E-state index contributed by atoms with van der Waals surface area (Å²) in [7, 11) is 0. The molecule has 0 unspecified atom stereocenters. The van der Waals surface area contributed by atoms with Crippen LogP contribution in [0.1, 0.15) is 56.7 Å². The Morgan fingerprint density at radius 2 is 1.76 bits per heavy atom. The highest BCUT2D eigenvalue weighted by molar-refractivity contribution is 5.68. The maximum Gasteiger partial charge on any atom is 0.470 e. The van der Waals surface area contributed by atoms with Gasteiger partial charge in [0, 0.05) is 24.8 Å². The van der Waals surface area contributed by atoms with Gasteiger partial charge in [-0.15, -0.1) is 15.3 Å². The first kappa shape index (κ1) is 28.2. The Hall–Kier alpha value is -4.36. The number of amides is 1. The van der Waals surface area contributed by atoms with Gasteiger partial charge in [-0.3, -0.25) is 4.98 Å². The molecule has 1 aromatic carbocycles. The highest BCUT2D eigenvalue weighted by Gasteiger charge is 2.38. The Morgan fingerprint density at radius 3 is 2.37 bits per heavy atom. The highest BCUT2D eigenvalue weighted by Crippen LogP contribution is 2.32. The second-order valence-electron chi connectivity index (χ2n) is 10.7. The lowest BCUT2D eigenvalue weighted by molar-refractivity contribution is -0.156. The van der Waals surface area contributed by atoms with E-state index in [1.807, 2.05) is 45.0 Å². The van der Waals surface area contributed by atoms with Crippen molar-refractivity contribution in [3.8, 4) is 22.7 Å². The smallest absolute Gasteiger partial charge is 0.444 e. The van der Waals surface area contributed by atoms with Crippen molar-refractivity contribution < 1.29 is 31.5 Å². The lowest BCUT2D eigenvalue weighted by Crippen LogP contribution is -2.41. The summed E-state index contributed by atoms with van der Waals surface area (Å²) >= 11 is 0. The van der Waals surface area contributed by atoms with Crippen molar-refractivity contribution in [2.45, 2.75) is 57.9 Å². The van der Waals surface area contributed by atoms with E-state index in [-0.39, 0.29) is 23.9 Å². The minimum Gasteiger partial charge on any atom is -0.444 e. The number of hydrogen-bond acceptors (Lipinski definition) is 8. The monoisotopic (exact) mass is 573 g/mol. The molecule has 4 heterocycles. The van der Waals surface area contributed by atoms with Gasteiger partial charge in [0.05, 0.1) is 24.0 Å². The molecule has 0 aliphatic carbocycles. The number of ether oxygens (including phenoxy) is 1. The molecule has 0 bridgehead atoms. The summed E-state index contributed by atoms with van der Waals surface area (Å²) in [5.74, 6) is -2.46. The SMILES string of the molecule is CC(C)(C)OC(=O)N1CCC(c2ccc(-c3cn(Cc4ncc(-c5nnc(C(F)(F)F)o5)cc4F)nn3)cc2)CC1. The number of pyridine rings is 1. The molecule has 0 saturated carbocycles. The van der Waals surface area contributed by atoms with Gasteiger partial charge in [-0.05, 0) is 51.2 Å². The van der Waals surface area contributed by atoms with Crippen LogP contribution in [-0.4, -0.2) is 59.9 Å². The first-order valence-corrected chi connectivity index (χ1v) is 12.9. The van der Waals surface area contributed by atoms with Crippen LogP contribution in [0.15, 0.2) is 47.1 Å². The summed E-state index contributed by atoms with van der Waals surface area (Å²) in [5, 5.41) is 14.5. The summed E-state index contributed by atoms with van der Waals surface area (Å²) in [6, 6.07) is 8.92. The molecule has 1 saturated heterocycles. The van der Waals surface area contributed by atoms with E-state index in [1.54, 1.807) is 11.1 Å². The van der Waals surface area contributed by atoms with E-state index in [4.69, 9.17) is 4.74 Å². The molecule has 216 valence electrons. The molecule has 1 aliphatic heterocycles. The molecule has 1 amide bonds. The topological polar surface area (TPSA) is 112 Å². The number of benzene rings is 1. The van der Waals surface area contributed by atoms with Crippen LogP contribution in [0.2, 0.25) is 0 Å². The van der Waals surface area contributed by atoms with E-state index >= 15 is 0 Å². The van der Waals surface area contributed by atoms with E-state index in [2.05, 4.69) is 29.9 Å². The first-order chi connectivity index (χ1) is 19.4.